The molecule has 0 spiro atoms. The zero-order chi connectivity index (χ0) is 19.9. The third-order valence-corrected chi connectivity index (χ3v) is 4.62. The van der Waals surface area contributed by atoms with E-state index in [2.05, 4.69) is 27.7 Å². The molecule has 7 nitrogen and oxygen atoms in total. The van der Waals surface area contributed by atoms with Gasteiger partial charge in [0.25, 0.3) is 5.91 Å². The number of amides is 1. The third-order valence-electron chi connectivity index (χ3n) is 4.62. The Labute approximate surface area is 164 Å². The van der Waals surface area contributed by atoms with E-state index in [0.717, 1.165) is 36.1 Å². The number of benzene rings is 2. The standard InChI is InChI=1S/C21H26N4O3/c1-4-5-6-11-28-19-10-8-15(13-20(19)27-3)14(2)22-21(26)16-7-9-17-18(12-16)24-25-23-17/h7-10,12-14H,4-6,11H2,1-3H3,(H,22,26)(H,23,24,25). The van der Waals surface area contributed by atoms with Crippen molar-refractivity contribution in [1.29, 1.82) is 0 Å². The summed E-state index contributed by atoms with van der Waals surface area (Å²) >= 11 is 0. The Bertz CT molecular complexity index is 938. The van der Waals surface area contributed by atoms with Gasteiger partial charge in [-0.05, 0) is 49.2 Å². The van der Waals surface area contributed by atoms with Crippen LogP contribution in [-0.4, -0.2) is 35.0 Å². The van der Waals surface area contributed by atoms with Crippen LogP contribution in [0.1, 0.15) is 55.1 Å². The minimum absolute atomic E-state index is 0.170. The van der Waals surface area contributed by atoms with E-state index in [9.17, 15) is 4.79 Å². The summed E-state index contributed by atoms with van der Waals surface area (Å²) in [4.78, 5) is 12.6. The Morgan fingerprint density at radius 2 is 1.93 bits per heavy atom. The highest BCUT2D eigenvalue weighted by Gasteiger charge is 2.15. The number of carbonyl (C=O) groups excluding carboxylic acids is 1. The van der Waals surface area contributed by atoms with Crippen LogP contribution in [0.5, 0.6) is 11.5 Å². The minimum Gasteiger partial charge on any atom is -0.493 e. The van der Waals surface area contributed by atoms with Gasteiger partial charge in [-0.25, -0.2) is 0 Å². The van der Waals surface area contributed by atoms with Crippen molar-refractivity contribution >= 4 is 16.9 Å². The number of ether oxygens (including phenoxy) is 2. The van der Waals surface area contributed by atoms with Gasteiger partial charge in [0, 0.05) is 5.56 Å². The number of nitrogens with one attached hydrogen (secondary N) is 2. The summed E-state index contributed by atoms with van der Waals surface area (Å²) in [6.07, 6.45) is 3.31. The Morgan fingerprint density at radius 3 is 2.71 bits per heavy atom. The molecular formula is C21H26N4O3. The molecule has 148 valence electrons. The molecule has 1 atom stereocenters. The fourth-order valence-electron chi connectivity index (χ4n) is 2.95. The van der Waals surface area contributed by atoms with E-state index >= 15 is 0 Å². The molecule has 1 unspecified atom stereocenters. The quantitative estimate of drug-likeness (QED) is 0.546. The summed E-state index contributed by atoms with van der Waals surface area (Å²) in [5.74, 6) is 1.22. The molecule has 0 saturated heterocycles. The molecule has 3 aromatic rings. The van der Waals surface area contributed by atoms with Gasteiger partial charge in [0.05, 0.1) is 19.8 Å². The Morgan fingerprint density at radius 1 is 1.11 bits per heavy atom. The predicted molar refractivity (Wildman–Crippen MR) is 108 cm³/mol. The maximum Gasteiger partial charge on any atom is 0.251 e. The van der Waals surface area contributed by atoms with Crippen molar-refractivity contribution in [3.05, 3.63) is 47.5 Å². The summed E-state index contributed by atoms with van der Waals surface area (Å²) in [6.45, 7) is 4.76. The summed E-state index contributed by atoms with van der Waals surface area (Å²) in [7, 11) is 1.62. The maximum atomic E-state index is 12.6. The predicted octanol–water partition coefficient (Wildman–Crippen LogP) is 4.03. The Balaban J connectivity index is 1.67. The summed E-state index contributed by atoms with van der Waals surface area (Å²) in [5, 5.41) is 13.6. The number of methoxy groups -OCH3 is 1. The average molecular weight is 382 g/mol. The van der Waals surface area contributed by atoms with Crippen LogP contribution in [0, 0.1) is 0 Å². The summed E-state index contributed by atoms with van der Waals surface area (Å²) < 4.78 is 11.3. The monoisotopic (exact) mass is 382 g/mol. The molecule has 1 aromatic heterocycles. The number of hydrogen-bond donors (Lipinski definition) is 2. The van der Waals surface area contributed by atoms with Crippen LogP contribution in [0.15, 0.2) is 36.4 Å². The summed E-state index contributed by atoms with van der Waals surface area (Å²) in [5.41, 5.74) is 2.86. The molecular weight excluding hydrogens is 356 g/mol. The van der Waals surface area contributed by atoms with E-state index in [0.29, 0.717) is 23.4 Å². The molecule has 2 N–H and O–H groups in total. The minimum atomic E-state index is -0.191. The van der Waals surface area contributed by atoms with Crippen molar-refractivity contribution in [3.63, 3.8) is 0 Å². The first-order valence-electron chi connectivity index (χ1n) is 9.54. The third kappa shape index (κ3) is 4.60. The smallest absolute Gasteiger partial charge is 0.251 e. The van der Waals surface area contributed by atoms with E-state index in [1.54, 1.807) is 25.3 Å². The zero-order valence-corrected chi connectivity index (χ0v) is 16.5. The van der Waals surface area contributed by atoms with Gasteiger partial charge in [-0.1, -0.05) is 25.8 Å². The number of aromatic nitrogens is 3. The topological polar surface area (TPSA) is 89.1 Å². The van der Waals surface area contributed by atoms with Crippen molar-refractivity contribution in [2.75, 3.05) is 13.7 Å². The number of H-pyrrole nitrogens is 1. The van der Waals surface area contributed by atoms with Crippen LogP contribution in [-0.2, 0) is 0 Å². The molecule has 0 aliphatic carbocycles. The molecule has 1 heterocycles. The molecule has 1 amide bonds. The van der Waals surface area contributed by atoms with Gasteiger partial charge in [-0.3, -0.25) is 4.79 Å². The lowest BCUT2D eigenvalue weighted by Crippen LogP contribution is -2.26. The largest absolute Gasteiger partial charge is 0.493 e. The molecule has 0 bridgehead atoms. The lowest BCUT2D eigenvalue weighted by Gasteiger charge is -2.17. The van der Waals surface area contributed by atoms with Crippen LogP contribution < -0.4 is 14.8 Å². The molecule has 0 saturated carbocycles. The number of carbonyl (C=O) groups is 1. The van der Waals surface area contributed by atoms with Crippen LogP contribution in [0.25, 0.3) is 11.0 Å². The molecule has 28 heavy (non-hydrogen) atoms. The first-order valence-corrected chi connectivity index (χ1v) is 9.54. The second kappa shape index (κ2) is 9.21. The van der Waals surface area contributed by atoms with Gasteiger partial charge in [0.1, 0.15) is 11.0 Å². The number of aromatic amines is 1. The van der Waals surface area contributed by atoms with Gasteiger partial charge < -0.3 is 14.8 Å². The highest BCUT2D eigenvalue weighted by Crippen LogP contribution is 2.30. The van der Waals surface area contributed by atoms with Crippen molar-refractivity contribution in [2.24, 2.45) is 0 Å². The van der Waals surface area contributed by atoms with E-state index in [4.69, 9.17) is 9.47 Å². The first-order chi connectivity index (χ1) is 13.6. The maximum absolute atomic E-state index is 12.6. The highest BCUT2D eigenvalue weighted by atomic mass is 16.5. The van der Waals surface area contributed by atoms with E-state index in [-0.39, 0.29) is 11.9 Å². The number of hydrogen-bond acceptors (Lipinski definition) is 5. The van der Waals surface area contributed by atoms with Crippen LogP contribution in [0.3, 0.4) is 0 Å². The lowest BCUT2D eigenvalue weighted by atomic mass is 10.1. The number of fused-ring (bicyclic) bond motifs is 1. The van der Waals surface area contributed by atoms with Crippen molar-refractivity contribution in [2.45, 2.75) is 39.2 Å². The molecule has 2 aromatic carbocycles. The molecule has 3 rings (SSSR count). The highest BCUT2D eigenvalue weighted by molar-refractivity contribution is 5.97. The zero-order valence-electron chi connectivity index (χ0n) is 16.5. The summed E-state index contributed by atoms with van der Waals surface area (Å²) in [6, 6.07) is 10.8. The second-order valence-corrected chi connectivity index (χ2v) is 6.69. The number of nitrogens with zero attached hydrogens (tertiary/aromatic N) is 2. The van der Waals surface area contributed by atoms with Gasteiger partial charge in [-0.15, -0.1) is 0 Å². The first kappa shape index (κ1) is 19.7. The Hall–Kier alpha value is -3.09. The van der Waals surface area contributed by atoms with E-state index in [1.807, 2.05) is 25.1 Å². The molecule has 0 aliphatic rings. The SMILES string of the molecule is CCCCCOc1ccc(C(C)NC(=O)c2ccc3n[nH]nc3c2)cc1OC. The normalized spacial score (nSPS) is 12.0. The van der Waals surface area contributed by atoms with Gasteiger partial charge in [0.2, 0.25) is 0 Å². The van der Waals surface area contributed by atoms with E-state index in [1.165, 1.54) is 0 Å². The second-order valence-electron chi connectivity index (χ2n) is 6.69. The molecule has 0 aliphatic heterocycles. The molecule has 7 heteroatoms. The average Bonchev–Trinajstić information content (AvgIpc) is 3.19. The Kier molecular flexibility index (Phi) is 6.47. The van der Waals surface area contributed by atoms with Crippen LogP contribution in [0.4, 0.5) is 0 Å². The van der Waals surface area contributed by atoms with Crippen LogP contribution in [0.2, 0.25) is 0 Å². The van der Waals surface area contributed by atoms with Crippen LogP contribution >= 0.6 is 0 Å². The lowest BCUT2D eigenvalue weighted by molar-refractivity contribution is 0.0940. The van der Waals surface area contributed by atoms with Gasteiger partial charge in [-0.2, -0.15) is 15.4 Å². The van der Waals surface area contributed by atoms with Crippen molar-refractivity contribution in [1.82, 2.24) is 20.7 Å². The molecule has 0 radical (unpaired) electrons. The number of rotatable bonds is 9. The molecule has 0 fully saturated rings. The van der Waals surface area contributed by atoms with Gasteiger partial charge in [0.15, 0.2) is 11.5 Å². The fraction of sp³-hybridized carbons (Fsp3) is 0.381. The van der Waals surface area contributed by atoms with E-state index < -0.39 is 0 Å². The number of unbranched alkanes of at least 4 members (excludes halogenated alkanes) is 2. The van der Waals surface area contributed by atoms with Crippen molar-refractivity contribution < 1.29 is 14.3 Å². The van der Waals surface area contributed by atoms with Crippen molar-refractivity contribution in [3.8, 4) is 11.5 Å². The van der Waals surface area contributed by atoms with Gasteiger partial charge >= 0.3 is 0 Å². The fourth-order valence-corrected chi connectivity index (χ4v) is 2.95.